The van der Waals surface area contributed by atoms with Gasteiger partial charge >= 0.3 is 0 Å². The van der Waals surface area contributed by atoms with Gasteiger partial charge in [-0.15, -0.1) is 0 Å². The molecule has 2 aromatic carbocycles. The van der Waals surface area contributed by atoms with Crippen LogP contribution in [0.25, 0.3) is 0 Å². The van der Waals surface area contributed by atoms with Gasteiger partial charge in [-0.05, 0) is 68.6 Å². The predicted octanol–water partition coefficient (Wildman–Crippen LogP) is 6.17. The second kappa shape index (κ2) is 10.7. The maximum absolute atomic E-state index is 14.7. The molecule has 0 saturated carbocycles. The van der Waals surface area contributed by atoms with Gasteiger partial charge in [0.2, 0.25) is 0 Å². The fraction of sp³-hybridized carbons (Fsp3) is 0.500. The second-order valence-electron chi connectivity index (χ2n) is 7.50. The molecule has 28 heavy (non-hydrogen) atoms. The molecule has 0 N–H and O–H groups in total. The number of aryl methyl sites for hydroxylation is 2. The molecule has 0 saturated heterocycles. The van der Waals surface area contributed by atoms with Crippen molar-refractivity contribution in [1.29, 1.82) is 0 Å². The van der Waals surface area contributed by atoms with Crippen molar-refractivity contribution in [2.75, 3.05) is 26.7 Å². The highest BCUT2D eigenvalue weighted by Gasteiger charge is 2.32. The molecule has 0 radical (unpaired) electrons. The molecule has 0 fully saturated rings. The zero-order valence-electron chi connectivity index (χ0n) is 17.8. The van der Waals surface area contributed by atoms with E-state index in [0.29, 0.717) is 6.54 Å². The molecule has 0 aliphatic carbocycles. The summed E-state index contributed by atoms with van der Waals surface area (Å²) in [4.78, 5) is 2.38. The third-order valence-electron chi connectivity index (χ3n) is 5.35. The Morgan fingerprint density at radius 2 is 1.36 bits per heavy atom. The lowest BCUT2D eigenvalue weighted by Crippen LogP contribution is -2.34. The normalized spacial score (nSPS) is 13.7. The van der Waals surface area contributed by atoms with Crippen LogP contribution >= 0.6 is 0 Å². The summed E-state index contributed by atoms with van der Waals surface area (Å²) in [5.41, 5.74) is 3.38. The van der Waals surface area contributed by atoms with E-state index in [-0.39, 0.29) is 11.5 Å². The standard InChI is InChI=1S/C24H33F2NO/c1-6-14-27(15-7-2)16-19(22-17(3)10-8-11-18(22)4)24(28-5)23-20(25)12-9-13-21(23)26/h8-13,19,24H,6-7,14-16H2,1-5H3. The van der Waals surface area contributed by atoms with Crippen LogP contribution in [0.15, 0.2) is 36.4 Å². The summed E-state index contributed by atoms with van der Waals surface area (Å²) in [6.45, 7) is 11.0. The van der Waals surface area contributed by atoms with E-state index in [4.69, 9.17) is 4.74 Å². The summed E-state index contributed by atoms with van der Waals surface area (Å²) in [6.07, 6.45) is 1.37. The Labute approximate surface area is 168 Å². The maximum Gasteiger partial charge on any atom is 0.131 e. The van der Waals surface area contributed by atoms with Crippen LogP contribution in [0, 0.1) is 25.5 Å². The largest absolute Gasteiger partial charge is 0.376 e. The van der Waals surface area contributed by atoms with Gasteiger partial charge in [0.1, 0.15) is 11.6 Å². The van der Waals surface area contributed by atoms with Gasteiger partial charge < -0.3 is 9.64 Å². The van der Waals surface area contributed by atoms with E-state index in [1.807, 2.05) is 6.07 Å². The van der Waals surface area contributed by atoms with Gasteiger partial charge in [0, 0.05) is 19.6 Å². The zero-order valence-corrected chi connectivity index (χ0v) is 17.8. The summed E-state index contributed by atoms with van der Waals surface area (Å²) >= 11 is 0. The Hall–Kier alpha value is -1.78. The molecule has 2 rings (SSSR count). The van der Waals surface area contributed by atoms with Crippen molar-refractivity contribution < 1.29 is 13.5 Å². The first kappa shape index (κ1) is 22.5. The van der Waals surface area contributed by atoms with Crippen molar-refractivity contribution in [2.24, 2.45) is 0 Å². The molecule has 0 spiro atoms. The van der Waals surface area contributed by atoms with E-state index >= 15 is 0 Å². The van der Waals surface area contributed by atoms with Crippen molar-refractivity contribution in [3.05, 3.63) is 70.3 Å². The topological polar surface area (TPSA) is 12.5 Å². The average molecular weight is 390 g/mol. The first-order valence-corrected chi connectivity index (χ1v) is 10.2. The van der Waals surface area contributed by atoms with Crippen LogP contribution < -0.4 is 0 Å². The molecule has 0 amide bonds. The van der Waals surface area contributed by atoms with Crippen LogP contribution in [0.3, 0.4) is 0 Å². The number of rotatable bonds is 10. The minimum Gasteiger partial charge on any atom is -0.376 e. The Morgan fingerprint density at radius 3 is 1.82 bits per heavy atom. The van der Waals surface area contributed by atoms with Gasteiger partial charge in [-0.1, -0.05) is 38.1 Å². The van der Waals surface area contributed by atoms with Crippen LogP contribution in [-0.4, -0.2) is 31.6 Å². The highest BCUT2D eigenvalue weighted by molar-refractivity contribution is 5.39. The lowest BCUT2D eigenvalue weighted by molar-refractivity contribution is 0.0574. The lowest BCUT2D eigenvalue weighted by atomic mass is 9.83. The number of hydrogen-bond donors (Lipinski definition) is 0. The fourth-order valence-corrected chi connectivity index (χ4v) is 4.22. The van der Waals surface area contributed by atoms with Gasteiger partial charge in [-0.2, -0.15) is 0 Å². The predicted molar refractivity (Wildman–Crippen MR) is 112 cm³/mol. The smallest absolute Gasteiger partial charge is 0.131 e. The first-order chi connectivity index (χ1) is 13.4. The molecule has 0 aliphatic heterocycles. The molecule has 2 unspecified atom stereocenters. The molecule has 0 aromatic heterocycles. The van der Waals surface area contributed by atoms with E-state index in [0.717, 1.165) is 42.6 Å². The molecule has 154 valence electrons. The number of benzene rings is 2. The van der Waals surface area contributed by atoms with Crippen LogP contribution in [0.4, 0.5) is 8.78 Å². The molecular weight excluding hydrogens is 356 g/mol. The summed E-state index contributed by atoms with van der Waals surface area (Å²) in [6, 6.07) is 10.2. The molecule has 0 heterocycles. The number of halogens is 2. The SMILES string of the molecule is CCCN(CCC)CC(c1c(C)cccc1C)C(OC)c1c(F)cccc1F. The van der Waals surface area contributed by atoms with Crippen molar-refractivity contribution in [2.45, 2.75) is 52.6 Å². The minimum absolute atomic E-state index is 0.0191. The highest BCUT2D eigenvalue weighted by Crippen LogP contribution is 2.39. The highest BCUT2D eigenvalue weighted by atomic mass is 19.1. The Bertz CT molecular complexity index is 716. The van der Waals surface area contributed by atoms with Crippen LogP contribution in [0.2, 0.25) is 0 Å². The number of nitrogens with zero attached hydrogens (tertiary/aromatic N) is 1. The molecule has 2 nitrogen and oxygen atoms in total. The number of hydrogen-bond acceptors (Lipinski definition) is 2. The van der Waals surface area contributed by atoms with E-state index < -0.39 is 17.7 Å². The van der Waals surface area contributed by atoms with Gasteiger partial charge in [0.15, 0.2) is 0 Å². The van der Waals surface area contributed by atoms with Gasteiger partial charge in [0.25, 0.3) is 0 Å². The second-order valence-corrected chi connectivity index (χ2v) is 7.50. The van der Waals surface area contributed by atoms with Crippen LogP contribution in [-0.2, 0) is 4.74 Å². The number of ether oxygens (including phenoxy) is 1. The number of methoxy groups -OCH3 is 1. The molecule has 0 bridgehead atoms. The fourth-order valence-electron chi connectivity index (χ4n) is 4.22. The van der Waals surface area contributed by atoms with Crippen LogP contribution in [0.5, 0.6) is 0 Å². The quantitative estimate of drug-likeness (QED) is 0.481. The summed E-state index contributed by atoms with van der Waals surface area (Å²) < 4.78 is 35.1. The van der Waals surface area contributed by atoms with Crippen molar-refractivity contribution in [3.63, 3.8) is 0 Å². The Balaban J connectivity index is 2.58. The van der Waals surface area contributed by atoms with E-state index in [2.05, 4.69) is 44.7 Å². The van der Waals surface area contributed by atoms with E-state index in [1.54, 1.807) is 7.11 Å². The Morgan fingerprint density at radius 1 is 0.857 bits per heavy atom. The lowest BCUT2D eigenvalue weighted by Gasteiger charge is -2.34. The summed E-state index contributed by atoms with van der Waals surface area (Å²) in [7, 11) is 1.54. The van der Waals surface area contributed by atoms with Crippen molar-refractivity contribution >= 4 is 0 Å². The minimum atomic E-state index is -0.697. The Kier molecular flexibility index (Phi) is 8.58. The summed E-state index contributed by atoms with van der Waals surface area (Å²) in [5.74, 6) is -1.28. The monoisotopic (exact) mass is 389 g/mol. The average Bonchev–Trinajstić information content (AvgIpc) is 2.64. The molecule has 4 heteroatoms. The van der Waals surface area contributed by atoms with Crippen molar-refractivity contribution in [1.82, 2.24) is 4.90 Å². The molecular formula is C24H33F2NO. The third-order valence-corrected chi connectivity index (χ3v) is 5.35. The maximum atomic E-state index is 14.7. The third kappa shape index (κ3) is 5.18. The first-order valence-electron chi connectivity index (χ1n) is 10.2. The summed E-state index contributed by atoms with van der Waals surface area (Å²) in [5, 5.41) is 0. The molecule has 0 aliphatic rings. The van der Waals surface area contributed by atoms with Crippen LogP contribution in [0.1, 0.15) is 61.0 Å². The van der Waals surface area contributed by atoms with Crippen molar-refractivity contribution in [3.8, 4) is 0 Å². The van der Waals surface area contributed by atoms with E-state index in [1.165, 1.54) is 18.2 Å². The van der Waals surface area contributed by atoms with Gasteiger partial charge in [-0.3, -0.25) is 0 Å². The molecule has 2 atom stereocenters. The molecule has 2 aromatic rings. The zero-order chi connectivity index (χ0) is 20.7. The van der Waals surface area contributed by atoms with E-state index in [9.17, 15) is 8.78 Å². The van der Waals surface area contributed by atoms with Gasteiger partial charge in [0.05, 0.1) is 11.7 Å². The van der Waals surface area contributed by atoms with Gasteiger partial charge in [-0.25, -0.2) is 8.78 Å².